The molecular formula is C48H30N12. The van der Waals surface area contributed by atoms with Crippen LogP contribution in [0.25, 0.3) is 43.1 Å². The minimum absolute atomic E-state index is 0.234. The van der Waals surface area contributed by atoms with E-state index in [-0.39, 0.29) is 5.84 Å². The molecule has 0 saturated carbocycles. The molecule has 0 aliphatic carbocycles. The Kier molecular flexibility index (Phi) is 6.28. The van der Waals surface area contributed by atoms with Crippen LogP contribution in [0.1, 0.15) is 44.5 Å². The minimum atomic E-state index is -1.79. The summed E-state index contributed by atoms with van der Waals surface area (Å²) in [6.07, 6.45) is 0. The number of fused-ring (bicyclic) bond motifs is 20. The summed E-state index contributed by atoms with van der Waals surface area (Å²) in [6, 6.07) is 44.5. The second kappa shape index (κ2) is 11.5. The molecule has 12 heteroatoms. The van der Waals surface area contributed by atoms with E-state index in [0.29, 0.717) is 57.5 Å². The van der Waals surface area contributed by atoms with Gasteiger partial charge >= 0.3 is 0 Å². The van der Waals surface area contributed by atoms with Gasteiger partial charge in [-0.15, -0.1) is 0 Å². The van der Waals surface area contributed by atoms with Crippen molar-refractivity contribution >= 4 is 95.3 Å². The lowest BCUT2D eigenvalue weighted by molar-refractivity contribution is 0.510. The van der Waals surface area contributed by atoms with E-state index < -0.39 is 5.79 Å². The molecule has 8 aromatic carbocycles. The first-order valence-electron chi connectivity index (χ1n) is 19.5. The molecule has 0 spiro atoms. The maximum Gasteiger partial charge on any atom is 0.236 e. The van der Waals surface area contributed by atoms with Crippen molar-refractivity contribution in [2.45, 2.75) is 5.79 Å². The Morgan fingerprint density at radius 2 is 0.750 bits per heavy atom. The lowest BCUT2D eigenvalue weighted by Gasteiger charge is -2.22. The lowest BCUT2D eigenvalue weighted by Crippen LogP contribution is -2.42. The average molecular weight is 775 g/mol. The Hall–Kier alpha value is -8.19. The molecule has 1 atom stereocenters. The molecule has 8 bridgehead atoms. The Morgan fingerprint density at radius 3 is 1.25 bits per heavy atom. The third-order valence-electron chi connectivity index (χ3n) is 12.1. The van der Waals surface area contributed by atoms with Gasteiger partial charge in [-0.25, -0.2) is 45.8 Å². The average Bonchev–Trinajstić information content (AvgIpc) is 3.99. The van der Waals surface area contributed by atoms with Crippen LogP contribution in [-0.4, -0.2) is 45.9 Å². The topological polar surface area (TPSA) is 194 Å². The van der Waals surface area contributed by atoms with Gasteiger partial charge in [0.1, 0.15) is 0 Å². The first kappa shape index (κ1) is 32.8. The first-order chi connectivity index (χ1) is 29.3. The number of hydrogen-bond donors (Lipinski definition) is 4. The van der Waals surface area contributed by atoms with Crippen LogP contribution in [0.4, 0.5) is 11.4 Å². The quantitative estimate of drug-likeness (QED) is 0.0724. The summed E-state index contributed by atoms with van der Waals surface area (Å²) >= 11 is 0. The summed E-state index contributed by atoms with van der Waals surface area (Å²) < 4.78 is 0. The van der Waals surface area contributed by atoms with Gasteiger partial charge in [-0.1, -0.05) is 97.1 Å². The highest BCUT2D eigenvalue weighted by atomic mass is 15.5. The number of rotatable bonds is 0. The van der Waals surface area contributed by atoms with Crippen LogP contribution < -0.4 is 23.0 Å². The number of nitrogen functional groups attached to an aromatic ring is 2. The Labute approximate surface area is 341 Å². The molecule has 0 fully saturated rings. The van der Waals surface area contributed by atoms with Crippen molar-refractivity contribution in [1.82, 2.24) is 5.01 Å². The molecule has 8 aromatic rings. The van der Waals surface area contributed by atoms with E-state index in [0.717, 1.165) is 76.5 Å². The molecular weight excluding hydrogens is 745 g/mol. The Balaban J connectivity index is 1.16. The standard InChI is InChI=1S/C48H30N12/c49-39-29-15-7-8-16-30(29)40(50)38-37(39)45-55-43-34-20-26-12-4-6-14-28(26)22-36(34)47(57-43)60(52)46-35-21-27-13-5-3-11-25(27)19-33(35)42(56-46)53-41-31-17-23-9-1-2-10-24(23)18-32(31)44(54-41)58-48(38,51)59-45/h1-22H,49-52H2. The normalized spacial score (nSPS) is 18.4. The van der Waals surface area contributed by atoms with Gasteiger partial charge in [0.2, 0.25) is 5.79 Å². The zero-order valence-corrected chi connectivity index (χ0v) is 31.6. The van der Waals surface area contributed by atoms with Gasteiger partial charge in [0.25, 0.3) is 0 Å². The maximum atomic E-state index is 7.43. The first-order valence-corrected chi connectivity index (χ1v) is 19.5. The Bertz CT molecular complexity index is 3610. The molecule has 5 aliphatic heterocycles. The SMILES string of the molecule is Nc1c2c(c(N)c3ccccc13)C1(N)N=C3N=C(N=C4N=C(c5cc6ccccc6cc54)N(N)C4=NC(=NC2=N1)c1cc2ccccc2cc14)c1cc2ccccc2cc13. The zero-order valence-electron chi connectivity index (χ0n) is 31.6. The minimum Gasteiger partial charge on any atom is -0.398 e. The highest BCUT2D eigenvalue weighted by Gasteiger charge is 2.44. The summed E-state index contributed by atoms with van der Waals surface area (Å²) in [5.41, 5.74) is 27.9. The van der Waals surface area contributed by atoms with Crippen LogP contribution in [0.2, 0.25) is 0 Å². The van der Waals surface area contributed by atoms with Gasteiger partial charge in [0, 0.05) is 49.8 Å². The molecule has 1 unspecified atom stereocenters. The summed E-state index contributed by atoms with van der Waals surface area (Å²) in [7, 11) is 0. The molecule has 0 aromatic heterocycles. The fourth-order valence-electron chi connectivity index (χ4n) is 9.20. The van der Waals surface area contributed by atoms with Gasteiger partial charge in [0.05, 0.1) is 16.8 Å². The number of nitrogens with two attached hydrogens (primary N) is 4. The molecule has 12 nitrogen and oxygen atoms in total. The molecule has 282 valence electrons. The van der Waals surface area contributed by atoms with E-state index in [4.69, 9.17) is 58.0 Å². The number of hydrogen-bond acceptors (Lipinski definition) is 12. The fraction of sp³-hybridized carbons (Fsp3) is 0.0208. The molecule has 60 heavy (non-hydrogen) atoms. The van der Waals surface area contributed by atoms with Gasteiger partial charge in [0.15, 0.2) is 40.8 Å². The molecule has 0 radical (unpaired) electrons. The van der Waals surface area contributed by atoms with E-state index >= 15 is 0 Å². The zero-order chi connectivity index (χ0) is 40.0. The maximum absolute atomic E-state index is 7.43. The smallest absolute Gasteiger partial charge is 0.236 e. The van der Waals surface area contributed by atoms with Crippen molar-refractivity contribution in [2.75, 3.05) is 11.5 Å². The number of amidine groups is 7. The summed E-state index contributed by atoms with van der Waals surface area (Å²) in [6.45, 7) is 0. The second-order valence-electron chi connectivity index (χ2n) is 15.5. The van der Waals surface area contributed by atoms with Gasteiger partial charge in [-0.05, 0) is 68.7 Å². The number of anilines is 2. The van der Waals surface area contributed by atoms with Crippen molar-refractivity contribution < 1.29 is 0 Å². The van der Waals surface area contributed by atoms with Crippen LogP contribution in [0.5, 0.6) is 0 Å². The van der Waals surface area contributed by atoms with Crippen molar-refractivity contribution in [3.63, 3.8) is 0 Å². The van der Waals surface area contributed by atoms with Crippen molar-refractivity contribution in [2.24, 2.45) is 46.5 Å². The predicted octanol–water partition coefficient (Wildman–Crippen LogP) is 7.10. The van der Waals surface area contributed by atoms with E-state index in [2.05, 4.69) is 72.8 Å². The van der Waals surface area contributed by atoms with Crippen LogP contribution in [0.3, 0.4) is 0 Å². The number of benzene rings is 8. The number of nitrogens with zero attached hydrogens (tertiary/aromatic N) is 8. The third kappa shape index (κ3) is 4.42. The van der Waals surface area contributed by atoms with E-state index in [1.807, 2.05) is 60.7 Å². The van der Waals surface area contributed by atoms with Crippen LogP contribution in [0.15, 0.2) is 168 Å². The van der Waals surface area contributed by atoms with E-state index in [9.17, 15) is 0 Å². The Morgan fingerprint density at radius 1 is 0.400 bits per heavy atom. The third-order valence-corrected chi connectivity index (χ3v) is 12.1. The number of aliphatic imine (C=N–C) groups is 7. The number of hydrazine groups is 1. The van der Waals surface area contributed by atoms with E-state index in [1.54, 1.807) is 0 Å². The lowest BCUT2D eigenvalue weighted by atomic mass is 9.93. The highest BCUT2D eigenvalue weighted by molar-refractivity contribution is 6.35. The van der Waals surface area contributed by atoms with Crippen LogP contribution in [0, 0.1) is 0 Å². The summed E-state index contributed by atoms with van der Waals surface area (Å²) in [4.78, 5) is 36.2. The fourth-order valence-corrected chi connectivity index (χ4v) is 9.20. The largest absolute Gasteiger partial charge is 0.398 e. The van der Waals surface area contributed by atoms with E-state index in [1.165, 1.54) is 5.01 Å². The molecule has 5 heterocycles. The molecule has 0 saturated heterocycles. The monoisotopic (exact) mass is 774 g/mol. The van der Waals surface area contributed by atoms with Crippen molar-refractivity contribution in [1.29, 1.82) is 0 Å². The van der Waals surface area contributed by atoms with Gasteiger partial charge in [-0.3, -0.25) is 5.73 Å². The van der Waals surface area contributed by atoms with Gasteiger partial charge < -0.3 is 11.5 Å². The molecule has 0 amide bonds. The molecule has 8 N–H and O–H groups in total. The highest BCUT2D eigenvalue weighted by Crippen LogP contribution is 2.46. The van der Waals surface area contributed by atoms with Crippen LogP contribution in [-0.2, 0) is 5.79 Å². The summed E-state index contributed by atoms with van der Waals surface area (Å²) in [5, 5.41) is 9.09. The molecule has 5 aliphatic rings. The summed E-state index contributed by atoms with van der Waals surface area (Å²) in [5.74, 6) is 8.15. The van der Waals surface area contributed by atoms with Crippen molar-refractivity contribution in [3.05, 3.63) is 178 Å². The van der Waals surface area contributed by atoms with Crippen molar-refractivity contribution in [3.8, 4) is 0 Å². The predicted molar refractivity (Wildman–Crippen MR) is 242 cm³/mol. The van der Waals surface area contributed by atoms with Gasteiger partial charge in [-0.2, -0.15) is 0 Å². The van der Waals surface area contributed by atoms with Crippen LogP contribution >= 0.6 is 0 Å². The molecule has 13 rings (SSSR count). The second-order valence-corrected chi connectivity index (χ2v) is 15.5.